The molecule has 1 heterocycles. The summed E-state index contributed by atoms with van der Waals surface area (Å²) in [6.07, 6.45) is -0.826. The summed E-state index contributed by atoms with van der Waals surface area (Å²) in [7, 11) is 0. The van der Waals surface area contributed by atoms with Crippen LogP contribution in [0.2, 0.25) is 0 Å². The van der Waals surface area contributed by atoms with E-state index in [9.17, 15) is 15.2 Å². The number of carboxylic acids is 1. The van der Waals surface area contributed by atoms with Crippen LogP contribution in [0.5, 0.6) is 5.75 Å². The Kier molecular flexibility index (Phi) is 6.86. The highest BCUT2D eigenvalue weighted by Crippen LogP contribution is 2.48. The van der Waals surface area contributed by atoms with Gasteiger partial charge in [0.15, 0.2) is 6.10 Å². The number of thiophene rings is 1. The highest BCUT2D eigenvalue weighted by atomic mass is 79.9. The molecule has 0 aliphatic carbocycles. The highest BCUT2D eigenvalue weighted by molar-refractivity contribution is 9.11. The molecule has 0 radical (unpaired) electrons. The maximum atomic E-state index is 12.1. The van der Waals surface area contributed by atoms with Crippen molar-refractivity contribution in [2.75, 3.05) is 0 Å². The number of fused-ring (bicyclic) bond motifs is 4. The van der Waals surface area contributed by atoms with E-state index in [4.69, 9.17) is 4.74 Å². The SMILES string of the molecule is N#Cc1c2ccccc2c(-c2cc(Br)c(O[C@@H](Cc3ccccc3)C(=O)O)c(Br)c2)c2c1sc1ccccc12. The summed E-state index contributed by atoms with van der Waals surface area (Å²) < 4.78 is 9.40. The molecule has 0 aliphatic rings. The van der Waals surface area contributed by atoms with E-state index in [1.807, 2.05) is 78.9 Å². The summed E-state index contributed by atoms with van der Waals surface area (Å²) >= 11 is 8.94. The smallest absolute Gasteiger partial charge is 0.345 e. The Morgan fingerprint density at radius 1 is 0.897 bits per heavy atom. The van der Waals surface area contributed by atoms with Crippen LogP contribution in [-0.4, -0.2) is 17.2 Å². The normalized spacial score (nSPS) is 12.0. The predicted molar refractivity (Wildman–Crippen MR) is 165 cm³/mol. The van der Waals surface area contributed by atoms with Crippen LogP contribution in [0.25, 0.3) is 42.1 Å². The zero-order valence-electron chi connectivity index (χ0n) is 20.3. The van der Waals surface area contributed by atoms with Crippen LogP contribution in [-0.2, 0) is 11.2 Å². The van der Waals surface area contributed by atoms with Crippen LogP contribution >= 0.6 is 43.2 Å². The summed E-state index contributed by atoms with van der Waals surface area (Å²) in [4.78, 5) is 12.1. The zero-order valence-corrected chi connectivity index (χ0v) is 24.3. The minimum Gasteiger partial charge on any atom is -0.478 e. The molecule has 6 aromatic rings. The van der Waals surface area contributed by atoms with Gasteiger partial charge in [-0.2, -0.15) is 5.26 Å². The molecule has 1 atom stereocenters. The third-order valence-electron chi connectivity index (χ3n) is 6.74. The van der Waals surface area contributed by atoms with Crippen LogP contribution in [0.3, 0.4) is 0 Å². The Morgan fingerprint density at radius 2 is 1.51 bits per heavy atom. The fourth-order valence-corrected chi connectivity index (χ4v) is 7.61. The van der Waals surface area contributed by atoms with E-state index in [-0.39, 0.29) is 6.42 Å². The molecule has 0 saturated carbocycles. The van der Waals surface area contributed by atoms with Gasteiger partial charge >= 0.3 is 5.97 Å². The van der Waals surface area contributed by atoms with Gasteiger partial charge in [-0.1, -0.05) is 72.8 Å². The van der Waals surface area contributed by atoms with E-state index >= 15 is 0 Å². The lowest BCUT2D eigenvalue weighted by molar-refractivity contribution is -0.145. The van der Waals surface area contributed by atoms with E-state index in [0.29, 0.717) is 20.3 Å². The van der Waals surface area contributed by atoms with Crippen molar-refractivity contribution >= 4 is 80.1 Å². The first-order valence-corrected chi connectivity index (χ1v) is 14.6. The van der Waals surface area contributed by atoms with Crippen molar-refractivity contribution in [3.63, 3.8) is 0 Å². The lowest BCUT2D eigenvalue weighted by atomic mass is 9.91. The minimum absolute atomic E-state index is 0.235. The van der Waals surface area contributed by atoms with Gasteiger partial charge in [0.1, 0.15) is 11.8 Å². The second kappa shape index (κ2) is 10.5. The first-order chi connectivity index (χ1) is 19.0. The molecule has 1 N–H and O–H groups in total. The van der Waals surface area contributed by atoms with E-state index in [1.165, 1.54) is 0 Å². The van der Waals surface area contributed by atoms with Gasteiger partial charge in [0.05, 0.1) is 19.2 Å². The number of hydrogen-bond donors (Lipinski definition) is 1. The first kappa shape index (κ1) is 25.6. The second-order valence-corrected chi connectivity index (χ2v) is 11.9. The topological polar surface area (TPSA) is 70.3 Å². The van der Waals surface area contributed by atoms with Gasteiger partial charge in [-0.05, 0) is 72.1 Å². The van der Waals surface area contributed by atoms with Gasteiger partial charge in [-0.15, -0.1) is 11.3 Å². The Morgan fingerprint density at radius 3 is 2.18 bits per heavy atom. The van der Waals surface area contributed by atoms with E-state index in [2.05, 4.69) is 50.1 Å². The minimum atomic E-state index is -1.06. The maximum Gasteiger partial charge on any atom is 0.345 e. The van der Waals surface area contributed by atoms with Crippen molar-refractivity contribution in [3.05, 3.63) is 111 Å². The number of aliphatic carboxylic acids is 1. The molecule has 0 saturated heterocycles. The van der Waals surface area contributed by atoms with Crippen molar-refractivity contribution in [2.24, 2.45) is 0 Å². The number of nitrogens with zero attached hydrogens (tertiary/aromatic N) is 1. The van der Waals surface area contributed by atoms with E-state index in [1.54, 1.807) is 11.3 Å². The largest absolute Gasteiger partial charge is 0.478 e. The van der Waals surface area contributed by atoms with Crippen LogP contribution in [0, 0.1) is 11.3 Å². The van der Waals surface area contributed by atoms with Gasteiger partial charge in [-0.25, -0.2) is 4.79 Å². The van der Waals surface area contributed by atoms with Crippen LogP contribution in [0.15, 0.2) is 99.9 Å². The Hall–Kier alpha value is -3.70. The summed E-state index contributed by atoms with van der Waals surface area (Å²) in [6, 6.07) is 32.0. The molecule has 5 aromatic carbocycles. The average Bonchev–Trinajstić information content (AvgIpc) is 3.32. The summed E-state index contributed by atoms with van der Waals surface area (Å²) in [5.74, 6) is -0.613. The Balaban J connectivity index is 1.54. The fourth-order valence-electron chi connectivity index (χ4n) is 5.02. The molecule has 39 heavy (non-hydrogen) atoms. The van der Waals surface area contributed by atoms with Crippen molar-refractivity contribution < 1.29 is 14.6 Å². The molecule has 0 unspecified atom stereocenters. The number of hydrogen-bond acceptors (Lipinski definition) is 4. The van der Waals surface area contributed by atoms with Crippen molar-refractivity contribution in [1.82, 2.24) is 0 Å². The fraction of sp³-hybridized carbons (Fsp3) is 0.0625. The maximum absolute atomic E-state index is 12.1. The molecule has 4 nitrogen and oxygen atoms in total. The first-order valence-electron chi connectivity index (χ1n) is 12.1. The van der Waals surface area contributed by atoms with Gasteiger partial charge in [0, 0.05) is 27.3 Å². The molecular formula is C32H19Br2NO3S. The van der Waals surface area contributed by atoms with Crippen LogP contribution < -0.4 is 4.74 Å². The van der Waals surface area contributed by atoms with Crippen molar-refractivity contribution in [3.8, 4) is 22.9 Å². The molecular weight excluding hydrogens is 638 g/mol. The summed E-state index contributed by atoms with van der Waals surface area (Å²) in [5, 5.41) is 24.1. The Bertz CT molecular complexity index is 1920. The molecule has 7 heteroatoms. The molecule has 190 valence electrons. The number of benzene rings is 5. The molecule has 0 amide bonds. The second-order valence-electron chi connectivity index (χ2n) is 9.11. The van der Waals surface area contributed by atoms with Gasteiger partial charge < -0.3 is 9.84 Å². The molecule has 0 aliphatic heterocycles. The number of carboxylic acid groups (broad SMARTS) is 1. The van der Waals surface area contributed by atoms with Crippen LogP contribution in [0.4, 0.5) is 0 Å². The number of nitriles is 1. The third kappa shape index (κ3) is 4.59. The molecule has 6 rings (SSSR count). The summed E-state index contributed by atoms with van der Waals surface area (Å²) in [6.45, 7) is 0. The number of carbonyl (C=O) groups is 1. The molecule has 0 fully saturated rings. The van der Waals surface area contributed by atoms with Gasteiger partial charge in [0.25, 0.3) is 0 Å². The standard InChI is InChI=1S/C32H19Br2NO3S/c33-24-15-19(16-25(34)30(24)38-26(32(36)37)14-18-8-2-1-3-9-18)28-21-11-5-4-10-20(21)23(17-35)31-29(28)22-12-6-7-13-27(22)39-31/h1-13,15-16,26H,14H2,(H,36,37)/t26-/m0/s1. The average molecular weight is 657 g/mol. The number of rotatable bonds is 6. The van der Waals surface area contributed by atoms with Gasteiger partial charge in [-0.3, -0.25) is 0 Å². The Labute approximate surface area is 245 Å². The number of ether oxygens (including phenoxy) is 1. The van der Waals surface area contributed by atoms with Crippen molar-refractivity contribution in [1.29, 1.82) is 5.26 Å². The zero-order chi connectivity index (χ0) is 27.1. The quantitative estimate of drug-likeness (QED) is 0.194. The summed E-state index contributed by atoms with van der Waals surface area (Å²) in [5.41, 5.74) is 3.49. The van der Waals surface area contributed by atoms with Gasteiger partial charge in [0.2, 0.25) is 0 Å². The van der Waals surface area contributed by atoms with Crippen molar-refractivity contribution in [2.45, 2.75) is 12.5 Å². The predicted octanol–water partition coefficient (Wildman–Crippen LogP) is 9.35. The monoisotopic (exact) mass is 655 g/mol. The van der Waals surface area contributed by atoms with Crippen LogP contribution in [0.1, 0.15) is 11.1 Å². The third-order valence-corrected chi connectivity index (χ3v) is 9.10. The lowest BCUT2D eigenvalue weighted by Gasteiger charge is -2.19. The molecule has 1 aromatic heterocycles. The van der Waals surface area contributed by atoms with E-state index < -0.39 is 12.1 Å². The van der Waals surface area contributed by atoms with E-state index in [0.717, 1.165) is 47.6 Å². The lowest BCUT2D eigenvalue weighted by Crippen LogP contribution is -2.29. The highest BCUT2D eigenvalue weighted by Gasteiger charge is 2.25. The molecule has 0 bridgehead atoms. The number of halogens is 2. The molecule has 0 spiro atoms.